The van der Waals surface area contributed by atoms with E-state index in [9.17, 15) is 4.21 Å². The minimum atomic E-state index is -0.738. The maximum absolute atomic E-state index is 12.3. The van der Waals surface area contributed by atoms with Crippen molar-refractivity contribution < 1.29 is 4.21 Å². The Kier molecular flexibility index (Phi) is 8.20. The summed E-state index contributed by atoms with van der Waals surface area (Å²) in [5, 5.41) is 3.53. The number of benzene rings is 1. The molecular formula is C18H31NOS. The highest BCUT2D eigenvalue weighted by atomic mass is 32.2. The van der Waals surface area contributed by atoms with E-state index in [0.717, 1.165) is 24.5 Å². The van der Waals surface area contributed by atoms with Gasteiger partial charge in [0.05, 0.1) is 0 Å². The quantitative estimate of drug-likeness (QED) is 0.693. The first-order chi connectivity index (χ1) is 9.99. The Balaban J connectivity index is 2.84. The average Bonchev–Trinajstić information content (AvgIpc) is 2.38. The molecule has 0 fully saturated rings. The number of rotatable bonds is 9. The lowest BCUT2D eigenvalue weighted by Crippen LogP contribution is -2.28. The number of aryl methyl sites for hydroxylation is 3. The zero-order valence-electron chi connectivity index (χ0n) is 14.3. The van der Waals surface area contributed by atoms with Gasteiger partial charge >= 0.3 is 0 Å². The SMILES string of the molecule is CCCCCS(=O)CC(NCC)c1c(C)cc(C)cc1C. The van der Waals surface area contributed by atoms with Crippen molar-refractivity contribution in [2.45, 2.75) is 59.9 Å². The number of hydrogen-bond donors (Lipinski definition) is 1. The third-order valence-electron chi connectivity index (χ3n) is 3.87. The topological polar surface area (TPSA) is 29.1 Å². The predicted octanol–water partition coefficient (Wildman–Crippen LogP) is 4.20. The van der Waals surface area contributed by atoms with Crippen LogP contribution in [0.5, 0.6) is 0 Å². The van der Waals surface area contributed by atoms with Gasteiger partial charge in [-0.15, -0.1) is 0 Å². The van der Waals surface area contributed by atoms with Crippen molar-refractivity contribution in [1.29, 1.82) is 0 Å². The summed E-state index contributed by atoms with van der Waals surface area (Å²) < 4.78 is 12.3. The van der Waals surface area contributed by atoms with E-state index in [2.05, 4.69) is 52.1 Å². The van der Waals surface area contributed by atoms with E-state index < -0.39 is 10.8 Å². The molecule has 0 aliphatic carbocycles. The van der Waals surface area contributed by atoms with Crippen LogP contribution in [0.15, 0.2) is 12.1 Å². The first-order valence-electron chi connectivity index (χ1n) is 8.15. The Morgan fingerprint density at radius 1 is 1.10 bits per heavy atom. The summed E-state index contributed by atoms with van der Waals surface area (Å²) in [5.41, 5.74) is 5.26. The molecule has 3 heteroatoms. The molecule has 0 spiro atoms. The van der Waals surface area contributed by atoms with E-state index in [-0.39, 0.29) is 6.04 Å². The molecule has 120 valence electrons. The van der Waals surface area contributed by atoms with E-state index in [1.165, 1.54) is 35.1 Å². The number of nitrogens with one attached hydrogen (secondary N) is 1. The van der Waals surface area contributed by atoms with Crippen LogP contribution in [0.4, 0.5) is 0 Å². The molecule has 0 heterocycles. The van der Waals surface area contributed by atoms with Crippen molar-refractivity contribution in [1.82, 2.24) is 5.32 Å². The van der Waals surface area contributed by atoms with Crippen molar-refractivity contribution in [3.8, 4) is 0 Å². The van der Waals surface area contributed by atoms with E-state index >= 15 is 0 Å². The molecule has 0 saturated heterocycles. The molecule has 1 rings (SSSR count). The van der Waals surface area contributed by atoms with E-state index in [0.29, 0.717) is 0 Å². The smallest absolute Gasteiger partial charge is 0.0442 e. The average molecular weight is 310 g/mol. The standard InChI is InChI=1S/C18H31NOS/c1-6-8-9-10-21(20)13-17(19-7-2)18-15(4)11-14(3)12-16(18)5/h11-12,17,19H,6-10,13H2,1-5H3. The minimum Gasteiger partial charge on any atom is -0.309 e. The summed E-state index contributed by atoms with van der Waals surface area (Å²) in [6.45, 7) is 11.7. The first kappa shape index (κ1) is 18.4. The number of hydrogen-bond acceptors (Lipinski definition) is 2. The zero-order valence-corrected chi connectivity index (χ0v) is 15.1. The van der Waals surface area contributed by atoms with Crippen LogP contribution < -0.4 is 5.32 Å². The van der Waals surface area contributed by atoms with Crippen molar-refractivity contribution in [2.24, 2.45) is 0 Å². The summed E-state index contributed by atoms with van der Waals surface area (Å²) >= 11 is 0. The Morgan fingerprint density at radius 2 is 1.71 bits per heavy atom. The van der Waals surface area contributed by atoms with Gasteiger partial charge in [0.1, 0.15) is 0 Å². The van der Waals surface area contributed by atoms with Crippen molar-refractivity contribution in [3.05, 3.63) is 34.4 Å². The molecule has 0 aromatic heterocycles. The highest BCUT2D eigenvalue weighted by Crippen LogP contribution is 2.24. The molecule has 0 radical (unpaired) electrons. The van der Waals surface area contributed by atoms with Crippen LogP contribution >= 0.6 is 0 Å². The van der Waals surface area contributed by atoms with Crippen LogP contribution in [0.3, 0.4) is 0 Å². The molecular weight excluding hydrogens is 278 g/mol. The lowest BCUT2D eigenvalue weighted by Gasteiger charge is -2.23. The zero-order chi connectivity index (χ0) is 15.8. The molecule has 2 atom stereocenters. The van der Waals surface area contributed by atoms with Gasteiger partial charge in [-0.2, -0.15) is 0 Å². The normalized spacial score (nSPS) is 14.1. The minimum absolute atomic E-state index is 0.207. The fourth-order valence-corrected chi connectivity index (χ4v) is 4.36. The summed E-state index contributed by atoms with van der Waals surface area (Å²) in [6, 6.07) is 4.66. The van der Waals surface area contributed by atoms with Crippen LogP contribution in [0, 0.1) is 20.8 Å². The lowest BCUT2D eigenvalue weighted by atomic mass is 9.95. The van der Waals surface area contributed by atoms with E-state index in [1.807, 2.05) is 0 Å². The maximum Gasteiger partial charge on any atom is 0.0442 e. The van der Waals surface area contributed by atoms with Crippen LogP contribution in [0.25, 0.3) is 0 Å². The second kappa shape index (κ2) is 9.37. The molecule has 0 saturated carbocycles. The molecule has 1 aromatic rings. The van der Waals surface area contributed by atoms with Gasteiger partial charge in [-0.05, 0) is 50.4 Å². The second-order valence-corrected chi connectivity index (χ2v) is 7.56. The van der Waals surface area contributed by atoms with Crippen LogP contribution in [-0.2, 0) is 10.8 Å². The second-order valence-electron chi connectivity index (χ2n) is 5.94. The summed E-state index contributed by atoms with van der Waals surface area (Å²) in [4.78, 5) is 0. The van der Waals surface area contributed by atoms with Gasteiger partial charge in [0.2, 0.25) is 0 Å². The Bertz CT molecular complexity index is 447. The largest absolute Gasteiger partial charge is 0.309 e. The molecule has 2 nitrogen and oxygen atoms in total. The Morgan fingerprint density at radius 3 is 2.24 bits per heavy atom. The monoisotopic (exact) mass is 309 g/mol. The summed E-state index contributed by atoms with van der Waals surface area (Å²) in [6.07, 6.45) is 3.44. The van der Waals surface area contributed by atoms with Gasteiger partial charge in [0.25, 0.3) is 0 Å². The van der Waals surface area contributed by atoms with Crippen LogP contribution in [0.1, 0.15) is 61.4 Å². The van der Waals surface area contributed by atoms with Gasteiger partial charge in [0.15, 0.2) is 0 Å². The Hall–Kier alpha value is -0.670. The fraction of sp³-hybridized carbons (Fsp3) is 0.667. The van der Waals surface area contributed by atoms with Gasteiger partial charge in [0, 0.05) is 28.3 Å². The molecule has 2 unspecified atom stereocenters. The van der Waals surface area contributed by atoms with Gasteiger partial charge < -0.3 is 5.32 Å². The molecule has 1 aromatic carbocycles. The molecule has 21 heavy (non-hydrogen) atoms. The molecule has 0 amide bonds. The number of unbranched alkanes of at least 4 members (excludes halogenated alkanes) is 2. The van der Waals surface area contributed by atoms with Gasteiger partial charge in [-0.3, -0.25) is 4.21 Å². The maximum atomic E-state index is 12.3. The molecule has 0 bridgehead atoms. The van der Waals surface area contributed by atoms with Crippen molar-refractivity contribution in [3.63, 3.8) is 0 Å². The fourth-order valence-electron chi connectivity index (χ4n) is 3.01. The summed E-state index contributed by atoms with van der Waals surface area (Å²) in [5.74, 6) is 1.56. The highest BCUT2D eigenvalue weighted by Gasteiger charge is 2.18. The van der Waals surface area contributed by atoms with E-state index in [1.54, 1.807) is 0 Å². The van der Waals surface area contributed by atoms with Crippen molar-refractivity contribution >= 4 is 10.8 Å². The van der Waals surface area contributed by atoms with E-state index in [4.69, 9.17) is 0 Å². The molecule has 0 aliphatic rings. The van der Waals surface area contributed by atoms with Gasteiger partial charge in [-0.1, -0.05) is 44.4 Å². The van der Waals surface area contributed by atoms with Gasteiger partial charge in [-0.25, -0.2) is 0 Å². The molecule has 1 N–H and O–H groups in total. The Labute approximate surface area is 133 Å². The third-order valence-corrected chi connectivity index (χ3v) is 5.31. The predicted molar refractivity (Wildman–Crippen MR) is 94.5 cm³/mol. The van der Waals surface area contributed by atoms with Crippen molar-refractivity contribution in [2.75, 3.05) is 18.1 Å². The molecule has 0 aliphatic heterocycles. The highest BCUT2D eigenvalue weighted by molar-refractivity contribution is 7.85. The third kappa shape index (κ3) is 5.91. The van der Waals surface area contributed by atoms with Crippen LogP contribution in [0.2, 0.25) is 0 Å². The lowest BCUT2D eigenvalue weighted by molar-refractivity contribution is 0.588. The summed E-state index contributed by atoms with van der Waals surface area (Å²) in [7, 11) is -0.738. The van der Waals surface area contributed by atoms with Crippen LogP contribution in [-0.4, -0.2) is 22.3 Å². The first-order valence-corrected chi connectivity index (χ1v) is 9.64.